The number of amides is 2. The van der Waals surface area contributed by atoms with Gasteiger partial charge in [-0.1, -0.05) is 12.1 Å². The van der Waals surface area contributed by atoms with Gasteiger partial charge in [-0.3, -0.25) is 19.9 Å². The number of nitrogens with zero attached hydrogens (tertiary/aromatic N) is 2. The van der Waals surface area contributed by atoms with Gasteiger partial charge in [-0.15, -0.1) is 0 Å². The van der Waals surface area contributed by atoms with Crippen LogP contribution in [0.5, 0.6) is 0 Å². The second-order valence-electron chi connectivity index (χ2n) is 5.43. The van der Waals surface area contributed by atoms with Gasteiger partial charge in [-0.25, -0.2) is 4.98 Å². The maximum Gasteiger partial charge on any atom is 0.251 e. The van der Waals surface area contributed by atoms with Gasteiger partial charge in [0.1, 0.15) is 6.04 Å². The summed E-state index contributed by atoms with van der Waals surface area (Å²) in [6.45, 7) is -0.520. The van der Waals surface area contributed by atoms with E-state index in [-0.39, 0.29) is 18.3 Å². The molecular formula is C17H17N5O3. The monoisotopic (exact) mass is 339 g/mol. The zero-order valence-electron chi connectivity index (χ0n) is 13.3. The Balaban J connectivity index is 1.61. The Bertz CT molecular complexity index is 845. The quantitative estimate of drug-likeness (QED) is 0.525. The van der Waals surface area contributed by atoms with Crippen LogP contribution in [0.4, 0.5) is 5.95 Å². The number of rotatable bonds is 6. The summed E-state index contributed by atoms with van der Waals surface area (Å²) in [5.74, 6) is -0.664. The maximum atomic E-state index is 12.3. The Morgan fingerprint density at radius 1 is 1.16 bits per heavy atom. The predicted octanol–water partition coefficient (Wildman–Crippen LogP) is 0.616. The SMILES string of the molecule is O=C(Cc1ccncc1)NC(CO)C(=O)Nc1nc2ccccc2[nH]1. The van der Waals surface area contributed by atoms with Crippen LogP contribution >= 0.6 is 0 Å². The van der Waals surface area contributed by atoms with Crippen LogP contribution in [0.1, 0.15) is 5.56 Å². The fraction of sp³-hybridized carbons (Fsp3) is 0.176. The molecule has 2 amide bonds. The first kappa shape index (κ1) is 16.6. The number of fused-ring (bicyclic) bond motifs is 1. The van der Waals surface area contributed by atoms with E-state index < -0.39 is 18.6 Å². The lowest BCUT2D eigenvalue weighted by Crippen LogP contribution is -2.46. The van der Waals surface area contributed by atoms with Crippen LogP contribution in [-0.4, -0.2) is 44.5 Å². The number of hydrogen-bond acceptors (Lipinski definition) is 5. The molecule has 0 saturated carbocycles. The third-order valence-electron chi connectivity index (χ3n) is 3.58. The first-order valence-corrected chi connectivity index (χ1v) is 7.70. The molecule has 0 spiro atoms. The van der Waals surface area contributed by atoms with E-state index in [0.717, 1.165) is 11.1 Å². The molecule has 2 heterocycles. The summed E-state index contributed by atoms with van der Waals surface area (Å²) in [4.78, 5) is 35.3. The third kappa shape index (κ3) is 4.18. The molecule has 8 heteroatoms. The van der Waals surface area contributed by atoms with Gasteiger partial charge in [-0.05, 0) is 29.8 Å². The van der Waals surface area contributed by atoms with E-state index >= 15 is 0 Å². The van der Waals surface area contributed by atoms with Gasteiger partial charge in [0, 0.05) is 12.4 Å². The standard InChI is InChI=1S/C17H17N5O3/c23-10-14(19-15(24)9-11-5-7-18-8-6-11)16(25)22-17-20-12-3-1-2-4-13(12)21-17/h1-8,14,23H,9-10H2,(H,19,24)(H2,20,21,22,25). The summed E-state index contributed by atoms with van der Waals surface area (Å²) in [5, 5.41) is 14.5. The minimum atomic E-state index is -1.07. The number of H-pyrrole nitrogens is 1. The molecular weight excluding hydrogens is 322 g/mol. The highest BCUT2D eigenvalue weighted by Gasteiger charge is 2.21. The van der Waals surface area contributed by atoms with E-state index in [9.17, 15) is 14.7 Å². The predicted molar refractivity (Wildman–Crippen MR) is 91.7 cm³/mol. The summed E-state index contributed by atoms with van der Waals surface area (Å²) < 4.78 is 0. The number of aromatic nitrogens is 3. The molecule has 0 aliphatic carbocycles. The Hall–Kier alpha value is -3.26. The molecule has 3 aromatic rings. The molecule has 128 valence electrons. The van der Waals surface area contributed by atoms with Crippen molar-refractivity contribution in [2.75, 3.05) is 11.9 Å². The van der Waals surface area contributed by atoms with Gasteiger partial charge in [0.15, 0.2) is 0 Å². The molecule has 0 aliphatic rings. The number of imidazole rings is 1. The smallest absolute Gasteiger partial charge is 0.251 e. The third-order valence-corrected chi connectivity index (χ3v) is 3.58. The van der Waals surface area contributed by atoms with Crippen LogP contribution < -0.4 is 10.6 Å². The lowest BCUT2D eigenvalue weighted by atomic mass is 10.2. The molecule has 3 rings (SSSR count). The lowest BCUT2D eigenvalue weighted by molar-refractivity contribution is -0.127. The van der Waals surface area contributed by atoms with Crippen molar-refractivity contribution >= 4 is 28.8 Å². The number of para-hydroxylation sites is 2. The lowest BCUT2D eigenvalue weighted by Gasteiger charge is -2.15. The fourth-order valence-electron chi connectivity index (χ4n) is 2.34. The molecule has 0 fully saturated rings. The number of carbonyl (C=O) groups is 2. The second-order valence-corrected chi connectivity index (χ2v) is 5.43. The van der Waals surface area contributed by atoms with Gasteiger partial charge < -0.3 is 15.4 Å². The van der Waals surface area contributed by atoms with Crippen molar-refractivity contribution in [3.8, 4) is 0 Å². The highest BCUT2D eigenvalue weighted by atomic mass is 16.3. The molecule has 2 aromatic heterocycles. The summed E-state index contributed by atoms with van der Waals surface area (Å²) in [5.41, 5.74) is 2.25. The molecule has 0 aliphatic heterocycles. The van der Waals surface area contributed by atoms with E-state index in [2.05, 4.69) is 25.6 Å². The number of carbonyl (C=O) groups excluding carboxylic acids is 2. The van der Waals surface area contributed by atoms with Crippen LogP contribution in [0, 0.1) is 0 Å². The van der Waals surface area contributed by atoms with Gasteiger partial charge in [0.05, 0.1) is 24.1 Å². The molecule has 1 atom stereocenters. The highest BCUT2D eigenvalue weighted by Crippen LogP contribution is 2.13. The Morgan fingerprint density at radius 3 is 2.64 bits per heavy atom. The fourth-order valence-corrected chi connectivity index (χ4v) is 2.34. The summed E-state index contributed by atoms with van der Waals surface area (Å²) in [6, 6.07) is 9.68. The average molecular weight is 339 g/mol. The number of aliphatic hydroxyl groups is 1. The van der Waals surface area contributed by atoms with Crippen LogP contribution in [-0.2, 0) is 16.0 Å². The van der Waals surface area contributed by atoms with Crippen LogP contribution in [0.3, 0.4) is 0 Å². The van der Waals surface area contributed by atoms with Crippen LogP contribution in [0.25, 0.3) is 11.0 Å². The number of aromatic amines is 1. The zero-order valence-corrected chi connectivity index (χ0v) is 13.3. The van der Waals surface area contributed by atoms with E-state index in [0.29, 0.717) is 5.52 Å². The molecule has 8 nitrogen and oxygen atoms in total. The van der Waals surface area contributed by atoms with Crippen molar-refractivity contribution in [2.45, 2.75) is 12.5 Å². The van der Waals surface area contributed by atoms with E-state index in [1.165, 1.54) is 0 Å². The number of nitrogens with one attached hydrogen (secondary N) is 3. The van der Waals surface area contributed by atoms with Gasteiger partial charge >= 0.3 is 0 Å². The second kappa shape index (κ2) is 7.54. The molecule has 4 N–H and O–H groups in total. The zero-order chi connectivity index (χ0) is 17.6. The summed E-state index contributed by atoms with van der Waals surface area (Å²) in [7, 11) is 0. The van der Waals surface area contributed by atoms with Crippen molar-refractivity contribution < 1.29 is 14.7 Å². The molecule has 0 radical (unpaired) electrons. The summed E-state index contributed by atoms with van der Waals surface area (Å²) >= 11 is 0. The van der Waals surface area contributed by atoms with Crippen molar-refractivity contribution in [3.63, 3.8) is 0 Å². The number of anilines is 1. The number of aliphatic hydroxyl groups excluding tert-OH is 1. The van der Waals surface area contributed by atoms with Gasteiger partial charge in [-0.2, -0.15) is 0 Å². The van der Waals surface area contributed by atoms with Crippen molar-refractivity contribution in [2.24, 2.45) is 0 Å². The normalized spacial score (nSPS) is 11.9. The molecule has 1 unspecified atom stereocenters. The average Bonchev–Trinajstić information content (AvgIpc) is 3.02. The van der Waals surface area contributed by atoms with E-state index in [1.54, 1.807) is 24.5 Å². The number of benzene rings is 1. The minimum Gasteiger partial charge on any atom is -0.394 e. The maximum absolute atomic E-state index is 12.3. The number of pyridine rings is 1. The van der Waals surface area contributed by atoms with Gasteiger partial charge in [0.25, 0.3) is 5.91 Å². The summed E-state index contributed by atoms with van der Waals surface area (Å²) in [6.07, 6.45) is 3.26. The van der Waals surface area contributed by atoms with Crippen LogP contribution in [0.2, 0.25) is 0 Å². The first-order valence-electron chi connectivity index (χ1n) is 7.70. The van der Waals surface area contributed by atoms with E-state index in [4.69, 9.17) is 0 Å². The van der Waals surface area contributed by atoms with Gasteiger partial charge in [0.2, 0.25) is 11.9 Å². The minimum absolute atomic E-state index is 0.0942. The highest BCUT2D eigenvalue weighted by molar-refractivity contribution is 5.97. The largest absolute Gasteiger partial charge is 0.394 e. The van der Waals surface area contributed by atoms with Crippen molar-refractivity contribution in [3.05, 3.63) is 54.4 Å². The Kier molecular flexibility index (Phi) is 5.00. The van der Waals surface area contributed by atoms with Crippen LogP contribution in [0.15, 0.2) is 48.8 Å². The first-order chi connectivity index (χ1) is 12.2. The molecule has 0 bridgehead atoms. The molecule has 25 heavy (non-hydrogen) atoms. The van der Waals surface area contributed by atoms with E-state index in [1.807, 2.05) is 24.3 Å². The molecule has 0 saturated heterocycles. The Labute approximate surface area is 143 Å². The number of hydrogen-bond donors (Lipinski definition) is 4. The molecule has 1 aromatic carbocycles. The Morgan fingerprint density at radius 2 is 1.92 bits per heavy atom. The van der Waals surface area contributed by atoms with Crippen molar-refractivity contribution in [1.82, 2.24) is 20.3 Å². The topological polar surface area (TPSA) is 120 Å². The van der Waals surface area contributed by atoms with Crippen molar-refractivity contribution in [1.29, 1.82) is 0 Å².